The third-order valence-corrected chi connectivity index (χ3v) is 6.11. The van der Waals surface area contributed by atoms with Gasteiger partial charge in [-0.1, -0.05) is 6.07 Å². The lowest BCUT2D eigenvalue weighted by Crippen LogP contribution is -2.26. The molecule has 21 heavy (non-hydrogen) atoms. The molecule has 0 spiro atoms. The molecule has 0 saturated carbocycles. The van der Waals surface area contributed by atoms with Crippen LogP contribution in [0.2, 0.25) is 0 Å². The van der Waals surface area contributed by atoms with E-state index in [2.05, 4.69) is 9.71 Å². The maximum Gasteiger partial charge on any atom is 0.240 e. The zero-order chi connectivity index (χ0) is 14.9. The summed E-state index contributed by atoms with van der Waals surface area (Å²) in [7, 11) is -3.42. The number of nitrogens with one attached hydrogen (secondary N) is 1. The Hall–Kier alpha value is -1.24. The monoisotopic (exact) mass is 322 g/mol. The number of fused-ring (bicyclic) bond motifs is 1. The van der Waals surface area contributed by atoms with Crippen molar-refractivity contribution < 1.29 is 8.42 Å². The number of aromatic nitrogens is 1. The summed E-state index contributed by atoms with van der Waals surface area (Å²) in [5.41, 5.74) is 2.46. The molecule has 1 heterocycles. The molecule has 2 aromatic rings. The number of benzene rings is 1. The Bertz CT molecular complexity index is 751. The van der Waals surface area contributed by atoms with Gasteiger partial charge in [-0.2, -0.15) is 0 Å². The second-order valence-corrected chi connectivity index (χ2v) is 8.38. The topological polar surface area (TPSA) is 59.1 Å². The van der Waals surface area contributed by atoms with Gasteiger partial charge in [0.15, 0.2) is 0 Å². The predicted molar refractivity (Wildman–Crippen MR) is 84.2 cm³/mol. The SMILES string of the molecule is Cc1cnc(CCNS(=O)(=O)c2ccc3c(c2)CCC3)s1. The Morgan fingerprint density at radius 2 is 2.10 bits per heavy atom. The van der Waals surface area contributed by atoms with Gasteiger partial charge in [0.05, 0.1) is 9.90 Å². The fraction of sp³-hybridized carbons (Fsp3) is 0.400. The van der Waals surface area contributed by atoms with E-state index in [1.165, 1.54) is 11.1 Å². The van der Waals surface area contributed by atoms with Crippen molar-refractivity contribution >= 4 is 21.4 Å². The van der Waals surface area contributed by atoms with Crippen molar-refractivity contribution in [1.82, 2.24) is 9.71 Å². The van der Waals surface area contributed by atoms with Gasteiger partial charge in [-0.05, 0) is 49.4 Å². The van der Waals surface area contributed by atoms with Gasteiger partial charge in [0, 0.05) is 24.0 Å². The number of hydrogen-bond acceptors (Lipinski definition) is 4. The first-order valence-corrected chi connectivity index (χ1v) is 9.37. The molecule has 112 valence electrons. The van der Waals surface area contributed by atoms with Crippen LogP contribution in [0.5, 0.6) is 0 Å². The number of nitrogens with zero attached hydrogens (tertiary/aromatic N) is 1. The third-order valence-electron chi connectivity index (χ3n) is 3.68. The summed E-state index contributed by atoms with van der Waals surface area (Å²) in [6, 6.07) is 5.47. The maximum atomic E-state index is 12.3. The van der Waals surface area contributed by atoms with E-state index in [1.54, 1.807) is 17.4 Å². The van der Waals surface area contributed by atoms with E-state index in [0.717, 1.165) is 29.1 Å². The summed E-state index contributed by atoms with van der Waals surface area (Å²) in [5.74, 6) is 0. The zero-order valence-electron chi connectivity index (χ0n) is 11.9. The van der Waals surface area contributed by atoms with E-state index >= 15 is 0 Å². The largest absolute Gasteiger partial charge is 0.249 e. The van der Waals surface area contributed by atoms with Gasteiger partial charge in [-0.3, -0.25) is 0 Å². The van der Waals surface area contributed by atoms with Crippen LogP contribution >= 0.6 is 11.3 Å². The number of hydrogen-bond donors (Lipinski definition) is 1. The molecule has 4 nitrogen and oxygen atoms in total. The van der Waals surface area contributed by atoms with Gasteiger partial charge >= 0.3 is 0 Å². The first kappa shape index (κ1) is 14.7. The van der Waals surface area contributed by atoms with Crippen molar-refractivity contribution in [3.8, 4) is 0 Å². The van der Waals surface area contributed by atoms with Gasteiger partial charge < -0.3 is 0 Å². The van der Waals surface area contributed by atoms with Crippen LogP contribution in [0.4, 0.5) is 0 Å². The minimum atomic E-state index is -3.42. The Morgan fingerprint density at radius 1 is 1.29 bits per heavy atom. The van der Waals surface area contributed by atoms with Crippen LogP contribution < -0.4 is 4.72 Å². The van der Waals surface area contributed by atoms with Gasteiger partial charge in [-0.25, -0.2) is 18.1 Å². The lowest BCUT2D eigenvalue weighted by atomic mass is 10.1. The average molecular weight is 322 g/mol. The molecule has 0 bridgehead atoms. The molecule has 3 rings (SSSR count). The van der Waals surface area contributed by atoms with Crippen LogP contribution in [-0.4, -0.2) is 19.9 Å². The summed E-state index contributed by atoms with van der Waals surface area (Å²) in [4.78, 5) is 5.76. The molecule has 6 heteroatoms. The highest BCUT2D eigenvalue weighted by Gasteiger charge is 2.18. The number of thiazole rings is 1. The molecule has 0 unspecified atom stereocenters. The second-order valence-electron chi connectivity index (χ2n) is 5.30. The van der Waals surface area contributed by atoms with E-state index in [1.807, 2.05) is 25.3 Å². The molecule has 1 aromatic heterocycles. The van der Waals surface area contributed by atoms with Crippen molar-refractivity contribution in [2.24, 2.45) is 0 Å². The minimum Gasteiger partial charge on any atom is -0.249 e. The molecule has 0 amide bonds. The van der Waals surface area contributed by atoms with E-state index < -0.39 is 10.0 Å². The smallest absolute Gasteiger partial charge is 0.240 e. The minimum absolute atomic E-state index is 0.374. The van der Waals surface area contributed by atoms with Crippen LogP contribution in [-0.2, 0) is 29.3 Å². The zero-order valence-corrected chi connectivity index (χ0v) is 13.6. The molecule has 1 aromatic carbocycles. The van der Waals surface area contributed by atoms with Crippen LogP contribution in [0.3, 0.4) is 0 Å². The molecule has 1 aliphatic carbocycles. The molecule has 1 N–H and O–H groups in total. The van der Waals surface area contributed by atoms with Gasteiger partial charge in [0.2, 0.25) is 10.0 Å². The van der Waals surface area contributed by atoms with E-state index in [0.29, 0.717) is 17.9 Å². The fourth-order valence-electron chi connectivity index (χ4n) is 2.61. The fourth-order valence-corrected chi connectivity index (χ4v) is 4.48. The molecule has 0 saturated heterocycles. The summed E-state index contributed by atoms with van der Waals surface area (Å²) in [6.07, 6.45) is 5.61. The Morgan fingerprint density at radius 3 is 2.86 bits per heavy atom. The highest BCUT2D eigenvalue weighted by atomic mass is 32.2. The number of aryl methyl sites for hydroxylation is 3. The Labute approximate surface area is 129 Å². The third kappa shape index (κ3) is 3.33. The Kier molecular flexibility index (Phi) is 4.10. The Balaban J connectivity index is 1.66. The van der Waals surface area contributed by atoms with Crippen LogP contribution in [0.25, 0.3) is 0 Å². The normalized spacial score (nSPS) is 14.3. The molecule has 0 aliphatic heterocycles. The summed E-state index contributed by atoms with van der Waals surface area (Å²) < 4.78 is 27.3. The standard InChI is InChI=1S/C15H18N2O2S2/c1-11-10-16-15(20-11)7-8-17-21(18,19)14-6-5-12-3-2-4-13(12)9-14/h5-6,9-10,17H,2-4,7-8H2,1H3. The molecule has 0 radical (unpaired) electrons. The van der Waals surface area contributed by atoms with E-state index in [-0.39, 0.29) is 0 Å². The summed E-state index contributed by atoms with van der Waals surface area (Å²) in [6.45, 7) is 2.38. The summed E-state index contributed by atoms with van der Waals surface area (Å²) >= 11 is 1.60. The van der Waals surface area contributed by atoms with Crippen LogP contribution in [0, 0.1) is 6.92 Å². The molecular weight excluding hydrogens is 304 g/mol. The van der Waals surface area contributed by atoms with Crippen molar-refractivity contribution in [2.75, 3.05) is 6.54 Å². The highest BCUT2D eigenvalue weighted by molar-refractivity contribution is 7.89. The first-order valence-electron chi connectivity index (χ1n) is 7.07. The summed E-state index contributed by atoms with van der Waals surface area (Å²) in [5, 5.41) is 0.962. The van der Waals surface area contributed by atoms with Gasteiger partial charge in [-0.15, -0.1) is 11.3 Å². The average Bonchev–Trinajstić information content (AvgIpc) is 3.06. The highest BCUT2D eigenvalue weighted by Crippen LogP contribution is 2.24. The quantitative estimate of drug-likeness (QED) is 0.920. The van der Waals surface area contributed by atoms with Crippen LogP contribution in [0.1, 0.15) is 27.4 Å². The van der Waals surface area contributed by atoms with Crippen molar-refractivity contribution in [3.63, 3.8) is 0 Å². The van der Waals surface area contributed by atoms with E-state index in [4.69, 9.17) is 0 Å². The lowest BCUT2D eigenvalue weighted by molar-refractivity contribution is 0.581. The van der Waals surface area contributed by atoms with Gasteiger partial charge in [0.1, 0.15) is 0 Å². The van der Waals surface area contributed by atoms with Crippen molar-refractivity contribution in [1.29, 1.82) is 0 Å². The van der Waals surface area contributed by atoms with Crippen LogP contribution in [0.15, 0.2) is 29.3 Å². The van der Waals surface area contributed by atoms with Crippen molar-refractivity contribution in [2.45, 2.75) is 37.5 Å². The molecule has 1 aliphatic rings. The van der Waals surface area contributed by atoms with E-state index in [9.17, 15) is 8.42 Å². The van der Waals surface area contributed by atoms with Gasteiger partial charge in [0.25, 0.3) is 0 Å². The molecular formula is C15H18N2O2S2. The molecule has 0 fully saturated rings. The number of rotatable bonds is 5. The number of sulfonamides is 1. The maximum absolute atomic E-state index is 12.3. The predicted octanol–water partition coefficient (Wildman–Crippen LogP) is 2.46. The first-order chi connectivity index (χ1) is 10.0. The van der Waals surface area contributed by atoms with Crippen molar-refractivity contribution in [3.05, 3.63) is 45.4 Å². The molecule has 0 atom stereocenters. The lowest BCUT2D eigenvalue weighted by Gasteiger charge is -2.08. The second kappa shape index (κ2) is 5.87.